The highest BCUT2D eigenvalue weighted by molar-refractivity contribution is 5.67. The molecule has 0 spiro atoms. The number of ether oxygens (including phenoxy) is 1. The molecule has 212 valence electrons. The highest BCUT2D eigenvalue weighted by atomic mass is 19.2. The average molecular weight is 549 g/mol. The Morgan fingerprint density at radius 3 is 2.40 bits per heavy atom. The van der Waals surface area contributed by atoms with Crippen LogP contribution >= 0.6 is 0 Å². The molecule has 3 aromatic rings. The number of allylic oxidation sites excluding steroid dienone is 2. The van der Waals surface area contributed by atoms with Crippen LogP contribution in [-0.4, -0.2) is 11.7 Å². The fourth-order valence-corrected chi connectivity index (χ4v) is 5.45. The summed E-state index contributed by atoms with van der Waals surface area (Å²) in [5.74, 6) is -1.06. The van der Waals surface area contributed by atoms with Crippen molar-refractivity contribution < 1.29 is 23.0 Å². The van der Waals surface area contributed by atoms with Crippen molar-refractivity contribution in [1.29, 1.82) is 0 Å². The highest BCUT2D eigenvalue weighted by Gasteiger charge is 2.24. The van der Waals surface area contributed by atoms with Gasteiger partial charge in [-0.25, -0.2) is 13.2 Å². The van der Waals surface area contributed by atoms with E-state index in [1.807, 2.05) is 31.2 Å². The number of aliphatic hydroxyl groups is 1. The second-order valence-corrected chi connectivity index (χ2v) is 10.7. The first-order valence-electron chi connectivity index (χ1n) is 14.4. The maximum absolute atomic E-state index is 15.0. The van der Waals surface area contributed by atoms with E-state index in [1.54, 1.807) is 42.5 Å². The fourth-order valence-electron chi connectivity index (χ4n) is 5.45. The van der Waals surface area contributed by atoms with Crippen LogP contribution in [-0.2, 0) is 0 Å². The van der Waals surface area contributed by atoms with Crippen molar-refractivity contribution in [3.05, 3.63) is 107 Å². The zero-order chi connectivity index (χ0) is 28.5. The monoisotopic (exact) mass is 548 g/mol. The van der Waals surface area contributed by atoms with E-state index in [4.69, 9.17) is 4.74 Å². The molecule has 0 aliphatic heterocycles. The Kier molecular flexibility index (Phi) is 10.7. The smallest absolute Gasteiger partial charge is 0.167 e. The standard InChI is InChI=1S/C35H39F3O2/c1-3-5-6-22-40-29-19-21-30(32(36)23-29)25-11-8-24(9-12-25)10-13-28-18-20-31(35(38)34(28)37)26-14-16-27(17-15-26)33(39)7-4-2/h3,10,13-21,23-25,33,39H,1,4-9,11-12,22H2,2H3/b13-10+. The zero-order valence-electron chi connectivity index (χ0n) is 23.2. The van der Waals surface area contributed by atoms with Gasteiger partial charge in [-0.2, -0.15) is 0 Å². The molecule has 40 heavy (non-hydrogen) atoms. The van der Waals surface area contributed by atoms with E-state index in [2.05, 4.69) is 6.58 Å². The fraction of sp³-hybridized carbons (Fsp3) is 0.371. The Bertz CT molecular complexity index is 1290. The van der Waals surface area contributed by atoms with Crippen molar-refractivity contribution in [3.8, 4) is 16.9 Å². The van der Waals surface area contributed by atoms with Gasteiger partial charge in [0.25, 0.3) is 0 Å². The number of benzene rings is 3. The van der Waals surface area contributed by atoms with Gasteiger partial charge in [-0.3, -0.25) is 0 Å². The largest absolute Gasteiger partial charge is 0.493 e. The van der Waals surface area contributed by atoms with Crippen LogP contribution in [0.5, 0.6) is 5.75 Å². The molecule has 1 unspecified atom stereocenters. The van der Waals surface area contributed by atoms with Crippen LogP contribution in [0.4, 0.5) is 13.2 Å². The molecule has 2 nitrogen and oxygen atoms in total. The molecule has 0 aromatic heterocycles. The summed E-state index contributed by atoms with van der Waals surface area (Å²) in [7, 11) is 0. The molecule has 1 aliphatic rings. The molecule has 3 aromatic carbocycles. The van der Waals surface area contributed by atoms with Crippen LogP contribution in [0.1, 0.15) is 87.0 Å². The van der Waals surface area contributed by atoms with Crippen molar-refractivity contribution in [1.82, 2.24) is 0 Å². The van der Waals surface area contributed by atoms with Crippen molar-refractivity contribution in [2.45, 2.75) is 70.3 Å². The summed E-state index contributed by atoms with van der Waals surface area (Å²) in [5.41, 5.74) is 2.47. The van der Waals surface area contributed by atoms with Gasteiger partial charge in [0.15, 0.2) is 11.6 Å². The lowest BCUT2D eigenvalue weighted by molar-refractivity contribution is 0.166. The van der Waals surface area contributed by atoms with Crippen molar-refractivity contribution in [2.75, 3.05) is 6.61 Å². The predicted octanol–water partition coefficient (Wildman–Crippen LogP) is 9.94. The first kappa shape index (κ1) is 29.7. The molecular formula is C35H39F3O2. The van der Waals surface area contributed by atoms with Crippen LogP contribution in [0, 0.1) is 23.4 Å². The molecule has 0 saturated heterocycles. The minimum absolute atomic E-state index is 0.141. The molecule has 0 bridgehead atoms. The molecule has 5 heteroatoms. The quantitative estimate of drug-likeness (QED) is 0.180. The van der Waals surface area contributed by atoms with E-state index < -0.39 is 17.7 Å². The number of rotatable bonds is 12. The number of hydrogen-bond acceptors (Lipinski definition) is 2. The highest BCUT2D eigenvalue weighted by Crippen LogP contribution is 2.38. The first-order valence-corrected chi connectivity index (χ1v) is 14.4. The van der Waals surface area contributed by atoms with Crippen LogP contribution < -0.4 is 4.74 Å². The van der Waals surface area contributed by atoms with Gasteiger partial charge in [-0.15, -0.1) is 6.58 Å². The second-order valence-electron chi connectivity index (χ2n) is 10.7. The average Bonchev–Trinajstić information content (AvgIpc) is 2.97. The Morgan fingerprint density at radius 2 is 1.73 bits per heavy atom. The van der Waals surface area contributed by atoms with E-state index in [0.717, 1.165) is 56.1 Å². The Balaban J connectivity index is 1.34. The number of aliphatic hydroxyl groups excluding tert-OH is 1. The SMILES string of the molecule is C=CCCCOc1ccc(C2CCC(/C=C/c3ccc(-c4ccc(C(O)CCC)cc4)c(F)c3F)CC2)c(F)c1. The predicted molar refractivity (Wildman–Crippen MR) is 157 cm³/mol. The summed E-state index contributed by atoms with van der Waals surface area (Å²) in [6.07, 6.45) is 11.5. The second kappa shape index (κ2) is 14.4. The third-order valence-corrected chi connectivity index (χ3v) is 7.83. The summed E-state index contributed by atoms with van der Waals surface area (Å²) in [5, 5.41) is 10.2. The van der Waals surface area contributed by atoms with Crippen LogP contribution in [0.3, 0.4) is 0 Å². The van der Waals surface area contributed by atoms with E-state index in [-0.39, 0.29) is 28.8 Å². The van der Waals surface area contributed by atoms with E-state index in [9.17, 15) is 18.3 Å². The van der Waals surface area contributed by atoms with E-state index in [0.29, 0.717) is 24.3 Å². The van der Waals surface area contributed by atoms with Gasteiger partial charge in [-0.05, 0) is 79.5 Å². The summed E-state index contributed by atoms with van der Waals surface area (Å²) in [6, 6.07) is 15.3. The lowest BCUT2D eigenvalue weighted by Gasteiger charge is -2.27. The van der Waals surface area contributed by atoms with Gasteiger partial charge in [0.1, 0.15) is 11.6 Å². The van der Waals surface area contributed by atoms with Crippen molar-refractivity contribution in [3.63, 3.8) is 0 Å². The van der Waals surface area contributed by atoms with Crippen LogP contribution in [0.25, 0.3) is 17.2 Å². The minimum atomic E-state index is -0.878. The van der Waals surface area contributed by atoms with Gasteiger partial charge in [0, 0.05) is 17.2 Å². The van der Waals surface area contributed by atoms with E-state index >= 15 is 0 Å². The Hall–Kier alpha value is -3.31. The topological polar surface area (TPSA) is 29.5 Å². The maximum Gasteiger partial charge on any atom is 0.167 e. The Morgan fingerprint density at radius 1 is 0.975 bits per heavy atom. The third-order valence-electron chi connectivity index (χ3n) is 7.83. The molecule has 1 N–H and O–H groups in total. The Labute approximate surface area is 236 Å². The minimum Gasteiger partial charge on any atom is -0.493 e. The lowest BCUT2D eigenvalue weighted by atomic mass is 9.78. The zero-order valence-corrected chi connectivity index (χ0v) is 23.2. The molecule has 0 heterocycles. The molecule has 0 amide bonds. The van der Waals surface area contributed by atoms with Gasteiger partial charge in [-0.1, -0.05) is 74.0 Å². The summed E-state index contributed by atoms with van der Waals surface area (Å²) in [6.45, 7) is 6.22. The molecule has 4 rings (SSSR count). The van der Waals surface area contributed by atoms with Crippen molar-refractivity contribution >= 4 is 6.08 Å². The molecule has 1 atom stereocenters. The van der Waals surface area contributed by atoms with Crippen molar-refractivity contribution in [2.24, 2.45) is 5.92 Å². The van der Waals surface area contributed by atoms with Gasteiger partial charge in [0.05, 0.1) is 12.7 Å². The maximum atomic E-state index is 15.0. The summed E-state index contributed by atoms with van der Waals surface area (Å²) >= 11 is 0. The number of hydrogen-bond donors (Lipinski definition) is 1. The first-order chi connectivity index (χ1) is 19.4. The lowest BCUT2D eigenvalue weighted by Crippen LogP contribution is -2.13. The van der Waals surface area contributed by atoms with Gasteiger partial charge in [0.2, 0.25) is 0 Å². The van der Waals surface area contributed by atoms with Crippen LogP contribution in [0.2, 0.25) is 0 Å². The molecule has 0 radical (unpaired) electrons. The van der Waals surface area contributed by atoms with Gasteiger partial charge >= 0.3 is 0 Å². The summed E-state index contributed by atoms with van der Waals surface area (Å²) < 4.78 is 50.4. The normalized spacial score (nSPS) is 18.1. The third kappa shape index (κ3) is 7.45. The van der Waals surface area contributed by atoms with E-state index in [1.165, 1.54) is 6.07 Å². The molecule has 1 saturated carbocycles. The molecule has 1 fully saturated rings. The summed E-state index contributed by atoms with van der Waals surface area (Å²) in [4.78, 5) is 0. The molecule has 1 aliphatic carbocycles. The van der Waals surface area contributed by atoms with Gasteiger partial charge < -0.3 is 9.84 Å². The number of halogens is 3. The van der Waals surface area contributed by atoms with Crippen LogP contribution in [0.15, 0.2) is 73.3 Å². The number of unbranched alkanes of at least 4 members (excludes halogenated alkanes) is 1. The molecular weight excluding hydrogens is 509 g/mol.